The van der Waals surface area contributed by atoms with E-state index in [1.54, 1.807) is 17.1 Å². The molecule has 5 bridgehead atoms. The van der Waals surface area contributed by atoms with Crippen molar-refractivity contribution in [3.8, 4) is 0 Å². The zero-order chi connectivity index (χ0) is 33.7. The minimum absolute atomic E-state index is 0.0782. The summed E-state index contributed by atoms with van der Waals surface area (Å²) in [5.74, 6) is -3.56. The van der Waals surface area contributed by atoms with Crippen molar-refractivity contribution in [2.75, 3.05) is 72.8 Å². The second-order valence-electron chi connectivity index (χ2n) is 13.0. The number of likely N-dealkylation sites (tertiary alicyclic amines) is 1. The van der Waals surface area contributed by atoms with Crippen LogP contribution >= 0.6 is 0 Å². The van der Waals surface area contributed by atoms with Crippen LogP contribution in [0.3, 0.4) is 0 Å². The monoisotopic (exact) mass is 666 g/mol. The fourth-order valence-electron chi connectivity index (χ4n) is 7.68. The number of benzene rings is 1. The van der Waals surface area contributed by atoms with Crippen LogP contribution in [0.1, 0.15) is 30.9 Å². The highest BCUT2D eigenvalue weighted by Gasteiger charge is 2.73. The fraction of sp³-hybridized carbons (Fsp3) is 0.600. The number of aliphatic hydroxyl groups is 1. The Morgan fingerprint density at radius 1 is 1.02 bits per heavy atom. The van der Waals surface area contributed by atoms with Crippen LogP contribution in [-0.4, -0.2) is 140 Å². The van der Waals surface area contributed by atoms with Crippen LogP contribution in [0.25, 0.3) is 0 Å². The van der Waals surface area contributed by atoms with E-state index in [-0.39, 0.29) is 56.9 Å². The molecule has 5 aliphatic rings. The maximum absolute atomic E-state index is 14.7. The van der Waals surface area contributed by atoms with Gasteiger partial charge in [-0.1, -0.05) is 54.6 Å². The Kier molecular flexibility index (Phi) is 10.9. The van der Waals surface area contributed by atoms with Gasteiger partial charge in [0.05, 0.1) is 37.9 Å². The first kappa shape index (κ1) is 34.3. The first-order valence-electron chi connectivity index (χ1n) is 16.9. The van der Waals surface area contributed by atoms with Gasteiger partial charge in [-0.05, 0) is 18.4 Å². The number of aliphatic hydroxyl groups excluding tert-OH is 1. The third-order valence-corrected chi connectivity index (χ3v) is 10.00. The van der Waals surface area contributed by atoms with Crippen LogP contribution in [0.4, 0.5) is 0 Å². The number of nitrogens with one attached hydrogen (secondary N) is 1. The average Bonchev–Trinajstić information content (AvgIpc) is 3.74. The molecule has 5 aliphatic heterocycles. The molecular weight excluding hydrogens is 620 g/mol. The number of hydrogen-bond acceptors (Lipinski definition) is 10. The van der Waals surface area contributed by atoms with E-state index in [1.165, 1.54) is 12.0 Å². The van der Waals surface area contributed by atoms with E-state index in [0.717, 1.165) is 13.1 Å². The summed E-state index contributed by atoms with van der Waals surface area (Å²) in [5.41, 5.74) is -0.707. The van der Waals surface area contributed by atoms with Gasteiger partial charge in [0.2, 0.25) is 17.7 Å². The van der Waals surface area contributed by atoms with Crippen molar-refractivity contribution in [3.63, 3.8) is 0 Å². The summed E-state index contributed by atoms with van der Waals surface area (Å²) in [4.78, 5) is 61.9. The second kappa shape index (κ2) is 15.3. The van der Waals surface area contributed by atoms with Gasteiger partial charge >= 0.3 is 5.97 Å². The van der Waals surface area contributed by atoms with Gasteiger partial charge in [-0.2, -0.15) is 0 Å². The van der Waals surface area contributed by atoms with E-state index < -0.39 is 47.7 Å². The minimum atomic E-state index is -1.37. The van der Waals surface area contributed by atoms with Gasteiger partial charge in [0.1, 0.15) is 23.7 Å². The van der Waals surface area contributed by atoms with Crippen molar-refractivity contribution < 1.29 is 43.2 Å². The van der Waals surface area contributed by atoms with E-state index in [9.17, 15) is 24.3 Å². The molecular formula is C35H46N4O9. The molecule has 5 heterocycles. The molecule has 260 valence electrons. The van der Waals surface area contributed by atoms with Gasteiger partial charge in [0.15, 0.2) is 0 Å². The molecule has 48 heavy (non-hydrogen) atoms. The third kappa shape index (κ3) is 6.79. The second-order valence-corrected chi connectivity index (χ2v) is 13.0. The first-order chi connectivity index (χ1) is 23.4. The number of hydrogen-bond donors (Lipinski definition) is 2. The number of morpholine rings is 1. The molecule has 0 radical (unpaired) electrons. The highest BCUT2D eigenvalue weighted by Crippen LogP contribution is 2.56. The number of rotatable bonds is 9. The molecule has 3 saturated heterocycles. The van der Waals surface area contributed by atoms with Crippen molar-refractivity contribution in [1.82, 2.24) is 20.0 Å². The summed E-state index contributed by atoms with van der Waals surface area (Å²) in [5, 5.41) is 12.7. The molecule has 1 aromatic carbocycles. The topological polar surface area (TPSA) is 147 Å². The summed E-state index contributed by atoms with van der Waals surface area (Å²) in [6.45, 7) is 4.11. The molecule has 0 aromatic heterocycles. The molecule has 1 aromatic rings. The summed E-state index contributed by atoms with van der Waals surface area (Å²) < 4.78 is 23.7. The number of carbonyl (C=O) groups excluding carboxylic acids is 4. The van der Waals surface area contributed by atoms with Crippen molar-refractivity contribution in [3.05, 3.63) is 60.2 Å². The molecule has 6 rings (SSSR count). The fourth-order valence-corrected chi connectivity index (χ4v) is 7.68. The van der Waals surface area contributed by atoms with E-state index in [4.69, 9.17) is 18.9 Å². The molecule has 0 saturated carbocycles. The Hall–Kier alpha value is -3.62. The number of allylic oxidation sites excluding steroid dienone is 1. The Balaban J connectivity index is 1.37. The molecule has 3 amide bonds. The van der Waals surface area contributed by atoms with Gasteiger partial charge in [-0.3, -0.25) is 24.1 Å². The van der Waals surface area contributed by atoms with Crippen LogP contribution in [0.15, 0.2) is 54.6 Å². The number of ether oxygens (including phenoxy) is 4. The van der Waals surface area contributed by atoms with Gasteiger partial charge < -0.3 is 39.2 Å². The number of cyclic esters (lactones) is 1. The molecule has 7 atom stereocenters. The standard InChI is InChI=1S/C35H46N4O9/c1-45-23-25-30(24-9-4-2-5-10-24)47-34(44)28-26-12-13-35(48-26)29(28)32(42)39(15-8-20-40)31(35)33(43)38(14-7-3-6-11-27(41)36-25)17-16-37-18-21-46-22-19-37/h2-5,7,9-10,12-13,25-26,28-31,40H,6,8,11,14-23H2,1H3,(H,36,41)/b7-3-/t25-,26+,28-,29-,30-,31+,35-/m0/s1. The summed E-state index contributed by atoms with van der Waals surface area (Å²) >= 11 is 0. The van der Waals surface area contributed by atoms with Crippen molar-refractivity contribution in [1.29, 1.82) is 0 Å². The maximum atomic E-state index is 14.7. The third-order valence-electron chi connectivity index (χ3n) is 10.00. The number of nitrogens with zero attached hydrogens (tertiary/aromatic N) is 3. The number of esters is 1. The van der Waals surface area contributed by atoms with E-state index in [0.29, 0.717) is 38.3 Å². The smallest absolute Gasteiger partial charge is 0.313 e. The summed E-state index contributed by atoms with van der Waals surface area (Å²) in [7, 11) is 1.51. The van der Waals surface area contributed by atoms with Crippen LogP contribution in [0.2, 0.25) is 0 Å². The lowest BCUT2D eigenvalue weighted by molar-refractivity contribution is -0.162. The van der Waals surface area contributed by atoms with E-state index in [2.05, 4.69) is 10.2 Å². The molecule has 2 N–H and O–H groups in total. The van der Waals surface area contributed by atoms with Crippen molar-refractivity contribution in [2.24, 2.45) is 11.8 Å². The summed E-state index contributed by atoms with van der Waals surface area (Å²) in [6.07, 6.45) is 6.49. The van der Waals surface area contributed by atoms with Crippen molar-refractivity contribution >= 4 is 23.7 Å². The zero-order valence-corrected chi connectivity index (χ0v) is 27.4. The predicted octanol–water partition coefficient (Wildman–Crippen LogP) is 0.446. The molecule has 0 unspecified atom stereocenters. The lowest BCUT2D eigenvalue weighted by Crippen LogP contribution is -2.57. The number of methoxy groups -OCH3 is 1. The van der Waals surface area contributed by atoms with E-state index in [1.807, 2.05) is 42.5 Å². The van der Waals surface area contributed by atoms with Gasteiger partial charge in [-0.15, -0.1) is 0 Å². The van der Waals surface area contributed by atoms with Crippen LogP contribution in [-0.2, 0) is 38.1 Å². The van der Waals surface area contributed by atoms with Crippen LogP contribution < -0.4 is 5.32 Å². The SMILES string of the molecule is COC[C@@H]1NC(=O)CC/C=C\CN(CCN2CCOCC2)C(=O)[C@H]2N(CCCO)C(=O)[C@@H]3[C@@H](C(=O)O[C@H]1c1ccccc1)[C@H]1C=C[C@]32O1. The highest BCUT2D eigenvalue weighted by atomic mass is 16.6. The molecule has 1 spiro atoms. The van der Waals surface area contributed by atoms with E-state index >= 15 is 0 Å². The summed E-state index contributed by atoms with van der Waals surface area (Å²) in [6, 6.07) is 7.38. The predicted molar refractivity (Wildman–Crippen MR) is 172 cm³/mol. The highest BCUT2D eigenvalue weighted by molar-refractivity contribution is 5.99. The molecule has 3 fully saturated rings. The largest absolute Gasteiger partial charge is 0.455 e. The molecule has 0 aliphatic carbocycles. The zero-order valence-electron chi connectivity index (χ0n) is 27.4. The lowest BCUT2D eigenvalue weighted by Gasteiger charge is -2.37. The lowest BCUT2D eigenvalue weighted by atomic mass is 9.74. The average molecular weight is 667 g/mol. The molecule has 13 nitrogen and oxygen atoms in total. The minimum Gasteiger partial charge on any atom is -0.455 e. The number of amides is 3. The Labute approximate surface area is 280 Å². The van der Waals surface area contributed by atoms with Gasteiger partial charge in [0, 0.05) is 59.4 Å². The van der Waals surface area contributed by atoms with Crippen molar-refractivity contribution in [2.45, 2.75) is 49.2 Å². The quantitative estimate of drug-likeness (QED) is 0.281. The Morgan fingerprint density at radius 2 is 1.81 bits per heavy atom. The number of carbonyl (C=O) groups is 4. The van der Waals surface area contributed by atoms with Gasteiger partial charge in [-0.25, -0.2) is 0 Å². The number of fused-ring (bicyclic) bond motifs is 2. The van der Waals surface area contributed by atoms with Gasteiger partial charge in [0.25, 0.3) is 0 Å². The Bertz CT molecular complexity index is 1380. The maximum Gasteiger partial charge on any atom is 0.313 e. The normalized spacial score (nSPS) is 33.5. The van der Waals surface area contributed by atoms with Crippen LogP contribution in [0.5, 0.6) is 0 Å². The van der Waals surface area contributed by atoms with Crippen LogP contribution in [0, 0.1) is 11.8 Å². The first-order valence-corrected chi connectivity index (χ1v) is 16.9. The Morgan fingerprint density at radius 3 is 2.56 bits per heavy atom. The molecule has 13 heteroatoms.